The van der Waals surface area contributed by atoms with Crippen molar-refractivity contribution in [1.29, 1.82) is 0 Å². The van der Waals surface area contributed by atoms with Crippen LogP contribution in [-0.2, 0) is 4.74 Å². The molecular weight excluding hydrogens is 337 g/mol. The number of carbonyl (C=O) groups is 1. The van der Waals surface area contributed by atoms with Crippen molar-refractivity contribution >= 4 is 22.7 Å². The van der Waals surface area contributed by atoms with Crippen LogP contribution in [0.3, 0.4) is 0 Å². The molecule has 3 rings (SSSR count). The van der Waals surface area contributed by atoms with Gasteiger partial charge in [-0.25, -0.2) is 14.0 Å². The summed E-state index contributed by atoms with van der Waals surface area (Å²) < 4.78 is 24.0. The van der Waals surface area contributed by atoms with Gasteiger partial charge in [0.05, 0.1) is 11.3 Å². The second-order valence-corrected chi connectivity index (χ2v) is 6.80. The molecule has 134 valence electrons. The molecule has 2 aromatic carbocycles. The fourth-order valence-corrected chi connectivity index (χ4v) is 2.52. The van der Waals surface area contributed by atoms with E-state index in [1.54, 1.807) is 51.1 Å². The summed E-state index contributed by atoms with van der Waals surface area (Å²) in [5.41, 5.74) is 0.122. The number of amides is 1. The number of fused-ring (bicyclic) bond motifs is 1. The smallest absolute Gasteiger partial charge is 0.412 e. The number of nitrogens with one attached hydrogen (secondary N) is 1. The molecule has 0 bridgehead atoms. The maximum atomic E-state index is 13.5. The molecule has 3 aromatic rings. The SMILES string of the molecule is CC(C)(C)OC(=O)Nc1ccccc1-c1cc2cc(F)ccc2oc1=O. The van der Waals surface area contributed by atoms with Gasteiger partial charge in [0.2, 0.25) is 0 Å². The lowest BCUT2D eigenvalue weighted by Crippen LogP contribution is -2.27. The maximum absolute atomic E-state index is 13.5. The third-order valence-electron chi connectivity index (χ3n) is 3.55. The van der Waals surface area contributed by atoms with E-state index in [1.807, 2.05) is 0 Å². The lowest BCUT2D eigenvalue weighted by molar-refractivity contribution is 0.0636. The minimum Gasteiger partial charge on any atom is -0.444 e. The first-order chi connectivity index (χ1) is 12.2. The molecule has 1 aromatic heterocycles. The number of benzene rings is 2. The molecule has 1 N–H and O–H groups in total. The van der Waals surface area contributed by atoms with E-state index >= 15 is 0 Å². The summed E-state index contributed by atoms with van der Waals surface area (Å²) in [7, 11) is 0. The van der Waals surface area contributed by atoms with Gasteiger partial charge in [-0.15, -0.1) is 0 Å². The largest absolute Gasteiger partial charge is 0.444 e. The number of carbonyl (C=O) groups excluding carboxylic acids is 1. The highest BCUT2D eigenvalue weighted by Crippen LogP contribution is 2.28. The molecule has 0 atom stereocenters. The minimum atomic E-state index is -0.654. The number of hydrogen-bond acceptors (Lipinski definition) is 4. The summed E-state index contributed by atoms with van der Waals surface area (Å²) in [4.78, 5) is 24.5. The molecule has 0 aliphatic heterocycles. The summed E-state index contributed by atoms with van der Waals surface area (Å²) in [5.74, 6) is -0.433. The Morgan fingerprint density at radius 1 is 1.08 bits per heavy atom. The summed E-state index contributed by atoms with van der Waals surface area (Å²) in [6, 6.07) is 12.2. The molecule has 5 nitrogen and oxygen atoms in total. The topological polar surface area (TPSA) is 68.5 Å². The van der Waals surface area contributed by atoms with Crippen molar-refractivity contribution in [3.8, 4) is 11.1 Å². The van der Waals surface area contributed by atoms with Gasteiger partial charge in [0.25, 0.3) is 0 Å². The normalized spacial score (nSPS) is 11.4. The summed E-state index contributed by atoms with van der Waals surface area (Å²) in [6.07, 6.45) is -0.638. The van der Waals surface area contributed by atoms with Crippen molar-refractivity contribution in [1.82, 2.24) is 0 Å². The van der Waals surface area contributed by atoms with E-state index in [-0.39, 0.29) is 11.1 Å². The Morgan fingerprint density at radius 3 is 2.54 bits per heavy atom. The van der Waals surface area contributed by atoms with E-state index in [2.05, 4.69) is 5.32 Å². The Bertz CT molecular complexity index is 1030. The van der Waals surface area contributed by atoms with Crippen LogP contribution >= 0.6 is 0 Å². The molecule has 0 saturated carbocycles. The zero-order valence-corrected chi connectivity index (χ0v) is 14.6. The summed E-state index contributed by atoms with van der Waals surface area (Å²) in [5, 5.41) is 3.09. The van der Waals surface area contributed by atoms with Crippen LogP contribution in [0.5, 0.6) is 0 Å². The van der Waals surface area contributed by atoms with Crippen LogP contribution < -0.4 is 10.9 Å². The molecule has 0 unspecified atom stereocenters. The van der Waals surface area contributed by atoms with E-state index < -0.39 is 23.1 Å². The third-order valence-corrected chi connectivity index (χ3v) is 3.55. The van der Waals surface area contributed by atoms with E-state index in [1.165, 1.54) is 18.2 Å². The monoisotopic (exact) mass is 355 g/mol. The van der Waals surface area contributed by atoms with Crippen molar-refractivity contribution in [2.45, 2.75) is 26.4 Å². The van der Waals surface area contributed by atoms with E-state index in [0.29, 0.717) is 16.6 Å². The lowest BCUT2D eigenvalue weighted by atomic mass is 10.0. The minimum absolute atomic E-state index is 0.217. The predicted molar refractivity (Wildman–Crippen MR) is 97.7 cm³/mol. The molecule has 0 aliphatic carbocycles. The highest BCUT2D eigenvalue weighted by atomic mass is 19.1. The van der Waals surface area contributed by atoms with Crippen LogP contribution in [-0.4, -0.2) is 11.7 Å². The number of rotatable bonds is 2. The van der Waals surface area contributed by atoms with Gasteiger partial charge in [0.1, 0.15) is 17.0 Å². The van der Waals surface area contributed by atoms with Crippen LogP contribution in [0, 0.1) is 5.82 Å². The Labute approximate surface area is 149 Å². The number of anilines is 1. The standard InChI is InChI=1S/C20H18FNO4/c1-20(2,3)26-19(24)22-16-7-5-4-6-14(16)15-11-12-10-13(21)8-9-17(12)25-18(15)23/h4-11H,1-3H3,(H,22,24). The summed E-state index contributed by atoms with van der Waals surface area (Å²) in [6.45, 7) is 5.26. The zero-order valence-electron chi connectivity index (χ0n) is 14.6. The first-order valence-electron chi connectivity index (χ1n) is 8.06. The number of para-hydroxylation sites is 1. The number of ether oxygens (including phenoxy) is 1. The van der Waals surface area contributed by atoms with Gasteiger partial charge in [-0.05, 0) is 51.1 Å². The Morgan fingerprint density at radius 2 is 1.81 bits per heavy atom. The maximum Gasteiger partial charge on any atom is 0.412 e. The van der Waals surface area contributed by atoms with Gasteiger partial charge in [-0.2, -0.15) is 0 Å². The fourth-order valence-electron chi connectivity index (χ4n) is 2.52. The van der Waals surface area contributed by atoms with Crippen LogP contribution in [0.25, 0.3) is 22.1 Å². The third kappa shape index (κ3) is 3.91. The molecule has 6 heteroatoms. The number of hydrogen-bond donors (Lipinski definition) is 1. The van der Waals surface area contributed by atoms with Gasteiger partial charge in [-0.1, -0.05) is 18.2 Å². The molecule has 0 spiro atoms. The Balaban J connectivity index is 2.05. The van der Waals surface area contributed by atoms with E-state index in [9.17, 15) is 14.0 Å². The molecular formula is C20H18FNO4. The lowest BCUT2D eigenvalue weighted by Gasteiger charge is -2.20. The van der Waals surface area contributed by atoms with Crippen molar-refractivity contribution in [3.05, 3.63) is 64.8 Å². The predicted octanol–water partition coefficient (Wildman–Crippen LogP) is 4.95. The molecule has 0 saturated heterocycles. The second kappa shape index (κ2) is 6.63. The van der Waals surface area contributed by atoms with Gasteiger partial charge in [0, 0.05) is 10.9 Å². The van der Waals surface area contributed by atoms with Gasteiger partial charge in [0.15, 0.2) is 0 Å². The summed E-state index contributed by atoms with van der Waals surface area (Å²) >= 11 is 0. The second-order valence-electron chi connectivity index (χ2n) is 6.80. The molecule has 0 aliphatic rings. The first kappa shape index (κ1) is 17.7. The fraction of sp³-hybridized carbons (Fsp3) is 0.200. The molecule has 1 heterocycles. The average molecular weight is 355 g/mol. The Hall–Kier alpha value is -3.15. The highest BCUT2D eigenvalue weighted by Gasteiger charge is 2.18. The first-order valence-corrected chi connectivity index (χ1v) is 8.06. The van der Waals surface area contributed by atoms with E-state index in [4.69, 9.17) is 9.15 Å². The molecule has 0 fully saturated rings. The van der Waals surface area contributed by atoms with Gasteiger partial charge < -0.3 is 9.15 Å². The average Bonchev–Trinajstić information content (AvgIpc) is 2.53. The van der Waals surface area contributed by atoms with Crippen molar-refractivity contribution in [2.24, 2.45) is 0 Å². The van der Waals surface area contributed by atoms with Crippen molar-refractivity contribution in [2.75, 3.05) is 5.32 Å². The molecule has 0 radical (unpaired) electrons. The molecule has 26 heavy (non-hydrogen) atoms. The van der Waals surface area contributed by atoms with Gasteiger partial charge >= 0.3 is 11.7 Å². The van der Waals surface area contributed by atoms with Crippen LogP contribution in [0.4, 0.5) is 14.9 Å². The van der Waals surface area contributed by atoms with Crippen molar-refractivity contribution < 1.29 is 18.3 Å². The zero-order chi connectivity index (χ0) is 18.9. The number of halogens is 1. The van der Waals surface area contributed by atoms with Crippen molar-refractivity contribution in [3.63, 3.8) is 0 Å². The Kier molecular flexibility index (Phi) is 4.50. The quantitative estimate of drug-likeness (QED) is 0.661. The van der Waals surface area contributed by atoms with Crippen LogP contribution in [0.2, 0.25) is 0 Å². The molecule has 1 amide bonds. The van der Waals surface area contributed by atoms with Crippen LogP contribution in [0.1, 0.15) is 20.8 Å². The van der Waals surface area contributed by atoms with Crippen LogP contribution in [0.15, 0.2) is 57.7 Å². The van der Waals surface area contributed by atoms with Gasteiger partial charge in [-0.3, -0.25) is 5.32 Å². The van der Waals surface area contributed by atoms with E-state index in [0.717, 1.165) is 0 Å². The highest BCUT2D eigenvalue weighted by molar-refractivity contribution is 5.93.